The van der Waals surface area contributed by atoms with Crippen molar-refractivity contribution in [1.82, 2.24) is 15.0 Å². The minimum Gasteiger partial charge on any atom is -0.459 e. The summed E-state index contributed by atoms with van der Waals surface area (Å²) in [4.78, 5) is 13.1. The SMILES string of the molecule is CC(C)OC(=O)/C(C#N)=C/c1cnn(-c2ccccc2)n1. The van der Waals surface area contributed by atoms with Gasteiger partial charge in [0.2, 0.25) is 0 Å². The number of aromatic nitrogens is 3. The molecular formula is C15H14N4O2. The first-order valence-electron chi connectivity index (χ1n) is 6.40. The van der Waals surface area contributed by atoms with E-state index in [1.165, 1.54) is 17.1 Å². The second-order valence-electron chi connectivity index (χ2n) is 4.52. The summed E-state index contributed by atoms with van der Waals surface area (Å²) >= 11 is 0. The van der Waals surface area contributed by atoms with Crippen LogP contribution >= 0.6 is 0 Å². The number of hydrogen-bond donors (Lipinski definition) is 0. The second-order valence-corrected chi connectivity index (χ2v) is 4.52. The topological polar surface area (TPSA) is 80.8 Å². The first kappa shape index (κ1) is 14.5. The van der Waals surface area contributed by atoms with Gasteiger partial charge in [-0.15, -0.1) is 5.10 Å². The van der Waals surface area contributed by atoms with E-state index in [0.717, 1.165) is 5.69 Å². The van der Waals surface area contributed by atoms with E-state index in [9.17, 15) is 4.79 Å². The molecule has 106 valence electrons. The molecule has 0 saturated heterocycles. The predicted molar refractivity (Wildman–Crippen MR) is 76.2 cm³/mol. The average Bonchev–Trinajstić information content (AvgIpc) is 2.93. The van der Waals surface area contributed by atoms with E-state index >= 15 is 0 Å². The molecule has 1 aromatic heterocycles. The van der Waals surface area contributed by atoms with Crippen LogP contribution < -0.4 is 0 Å². The van der Waals surface area contributed by atoms with Gasteiger partial charge in [0.05, 0.1) is 18.0 Å². The van der Waals surface area contributed by atoms with Gasteiger partial charge in [0.25, 0.3) is 0 Å². The molecule has 0 bridgehead atoms. The van der Waals surface area contributed by atoms with E-state index in [1.54, 1.807) is 13.8 Å². The Morgan fingerprint density at radius 1 is 1.38 bits per heavy atom. The van der Waals surface area contributed by atoms with E-state index in [4.69, 9.17) is 10.00 Å². The average molecular weight is 282 g/mol. The van der Waals surface area contributed by atoms with Crippen molar-refractivity contribution in [2.24, 2.45) is 0 Å². The Kier molecular flexibility index (Phi) is 4.46. The van der Waals surface area contributed by atoms with Gasteiger partial charge in [-0.3, -0.25) is 0 Å². The zero-order valence-electron chi connectivity index (χ0n) is 11.7. The van der Waals surface area contributed by atoms with Gasteiger partial charge in [0.1, 0.15) is 17.3 Å². The normalized spacial score (nSPS) is 11.2. The van der Waals surface area contributed by atoms with Gasteiger partial charge in [-0.1, -0.05) is 18.2 Å². The summed E-state index contributed by atoms with van der Waals surface area (Å²) in [7, 11) is 0. The highest BCUT2D eigenvalue weighted by Gasteiger charge is 2.13. The molecule has 1 aromatic carbocycles. The van der Waals surface area contributed by atoms with Crippen LogP contribution in [0.15, 0.2) is 42.1 Å². The minimum atomic E-state index is -0.665. The van der Waals surface area contributed by atoms with Crippen LogP contribution in [-0.4, -0.2) is 27.1 Å². The largest absolute Gasteiger partial charge is 0.459 e. The standard InChI is InChI=1S/C15H14N4O2/c1-11(2)21-15(20)12(9-16)8-13-10-17-19(18-13)14-6-4-3-5-7-14/h3-8,10-11H,1-2H3/b12-8+. The molecular weight excluding hydrogens is 268 g/mol. The molecule has 0 spiro atoms. The molecule has 0 radical (unpaired) electrons. The van der Waals surface area contributed by atoms with Crippen molar-refractivity contribution < 1.29 is 9.53 Å². The zero-order chi connectivity index (χ0) is 15.2. The molecule has 0 aliphatic rings. The van der Waals surface area contributed by atoms with Gasteiger partial charge in [0, 0.05) is 0 Å². The first-order chi connectivity index (χ1) is 10.1. The summed E-state index contributed by atoms with van der Waals surface area (Å²) in [5.74, 6) is -0.665. The maximum Gasteiger partial charge on any atom is 0.349 e. The lowest BCUT2D eigenvalue weighted by Gasteiger charge is -2.05. The highest BCUT2D eigenvalue weighted by atomic mass is 16.5. The Labute approximate surface area is 122 Å². The number of benzene rings is 1. The summed E-state index contributed by atoms with van der Waals surface area (Å²) in [6.45, 7) is 3.44. The van der Waals surface area contributed by atoms with Crippen LogP contribution in [0.1, 0.15) is 19.5 Å². The smallest absolute Gasteiger partial charge is 0.349 e. The van der Waals surface area contributed by atoms with E-state index in [-0.39, 0.29) is 11.7 Å². The molecule has 0 aliphatic carbocycles. The lowest BCUT2D eigenvalue weighted by atomic mass is 10.2. The van der Waals surface area contributed by atoms with Crippen molar-refractivity contribution in [3.63, 3.8) is 0 Å². The minimum absolute atomic E-state index is 0.108. The Morgan fingerprint density at radius 3 is 2.71 bits per heavy atom. The summed E-state index contributed by atoms with van der Waals surface area (Å²) in [6.07, 6.45) is 2.55. The molecule has 0 unspecified atom stereocenters. The predicted octanol–water partition coefficient (Wildman–Crippen LogP) is 2.13. The Balaban J connectivity index is 2.23. The fraction of sp³-hybridized carbons (Fsp3) is 0.200. The number of esters is 1. The summed E-state index contributed by atoms with van der Waals surface area (Å²) in [5.41, 5.74) is 1.10. The third kappa shape index (κ3) is 3.76. The van der Waals surface area contributed by atoms with Crippen LogP contribution in [0.5, 0.6) is 0 Å². The van der Waals surface area contributed by atoms with Crippen molar-refractivity contribution in [3.05, 3.63) is 47.8 Å². The van der Waals surface area contributed by atoms with Crippen molar-refractivity contribution in [1.29, 1.82) is 5.26 Å². The monoisotopic (exact) mass is 282 g/mol. The third-order valence-corrected chi connectivity index (χ3v) is 2.47. The highest BCUT2D eigenvalue weighted by Crippen LogP contribution is 2.09. The highest BCUT2D eigenvalue weighted by molar-refractivity contribution is 5.97. The quantitative estimate of drug-likeness (QED) is 0.487. The van der Waals surface area contributed by atoms with E-state index < -0.39 is 5.97 Å². The number of carbonyl (C=O) groups is 1. The van der Waals surface area contributed by atoms with E-state index in [2.05, 4.69) is 10.2 Å². The van der Waals surface area contributed by atoms with Gasteiger partial charge >= 0.3 is 5.97 Å². The van der Waals surface area contributed by atoms with Crippen LogP contribution in [0.25, 0.3) is 11.8 Å². The van der Waals surface area contributed by atoms with Crippen LogP contribution in [0.2, 0.25) is 0 Å². The maximum absolute atomic E-state index is 11.7. The Morgan fingerprint density at radius 2 is 2.10 bits per heavy atom. The molecule has 21 heavy (non-hydrogen) atoms. The Bertz CT molecular complexity index is 696. The van der Waals surface area contributed by atoms with Crippen molar-refractivity contribution in [2.75, 3.05) is 0 Å². The molecule has 0 atom stereocenters. The second kappa shape index (κ2) is 6.48. The molecule has 2 aromatic rings. The fourth-order valence-electron chi connectivity index (χ4n) is 1.59. The van der Waals surface area contributed by atoms with Gasteiger partial charge in [-0.25, -0.2) is 4.79 Å². The lowest BCUT2D eigenvalue weighted by Crippen LogP contribution is -2.12. The van der Waals surface area contributed by atoms with E-state index in [1.807, 2.05) is 36.4 Å². The van der Waals surface area contributed by atoms with Crippen LogP contribution in [0.4, 0.5) is 0 Å². The summed E-state index contributed by atoms with van der Waals surface area (Å²) < 4.78 is 4.98. The fourth-order valence-corrected chi connectivity index (χ4v) is 1.59. The van der Waals surface area contributed by atoms with Gasteiger partial charge in [0.15, 0.2) is 0 Å². The Hall–Kier alpha value is -2.94. The van der Waals surface area contributed by atoms with Gasteiger partial charge in [-0.2, -0.15) is 15.2 Å². The van der Waals surface area contributed by atoms with Crippen molar-refractivity contribution in [2.45, 2.75) is 20.0 Å². The van der Waals surface area contributed by atoms with Crippen molar-refractivity contribution >= 4 is 12.0 Å². The van der Waals surface area contributed by atoms with E-state index in [0.29, 0.717) is 5.69 Å². The molecule has 6 heteroatoms. The van der Waals surface area contributed by atoms with Crippen LogP contribution in [0, 0.1) is 11.3 Å². The molecule has 0 fully saturated rings. The number of nitrogens with zero attached hydrogens (tertiary/aromatic N) is 4. The third-order valence-electron chi connectivity index (χ3n) is 2.47. The number of rotatable bonds is 4. The molecule has 6 nitrogen and oxygen atoms in total. The summed E-state index contributed by atoms with van der Waals surface area (Å²) in [5, 5.41) is 17.3. The van der Waals surface area contributed by atoms with Crippen LogP contribution in [0.3, 0.4) is 0 Å². The summed E-state index contributed by atoms with van der Waals surface area (Å²) in [6, 6.07) is 11.2. The first-order valence-corrected chi connectivity index (χ1v) is 6.40. The molecule has 0 aliphatic heterocycles. The molecule has 2 rings (SSSR count). The number of ether oxygens (including phenoxy) is 1. The molecule has 1 heterocycles. The number of carbonyl (C=O) groups excluding carboxylic acids is 1. The van der Waals surface area contributed by atoms with Gasteiger partial charge < -0.3 is 4.74 Å². The van der Waals surface area contributed by atoms with Crippen LogP contribution in [-0.2, 0) is 9.53 Å². The molecule has 0 amide bonds. The zero-order valence-corrected chi connectivity index (χ0v) is 11.7. The van der Waals surface area contributed by atoms with Crippen molar-refractivity contribution in [3.8, 4) is 11.8 Å². The maximum atomic E-state index is 11.7. The molecule has 0 saturated carbocycles. The lowest BCUT2D eigenvalue weighted by molar-refractivity contribution is -0.142. The number of nitriles is 1. The number of para-hydroxylation sites is 1. The van der Waals surface area contributed by atoms with Gasteiger partial charge in [-0.05, 0) is 32.1 Å². The number of hydrogen-bond acceptors (Lipinski definition) is 5. The molecule has 0 N–H and O–H groups in total.